The average Bonchev–Trinajstić information content (AvgIpc) is 2.90. The first kappa shape index (κ1) is 24.4. The predicted octanol–water partition coefficient (Wildman–Crippen LogP) is 5.45. The molecular formula is C28H27NO2P2S. The van der Waals surface area contributed by atoms with E-state index in [1.807, 2.05) is 79.7 Å². The average molecular weight is 504 g/mol. The highest BCUT2D eigenvalue weighted by molar-refractivity contribution is 8.22. The molecule has 0 amide bonds. The van der Waals surface area contributed by atoms with Crippen molar-refractivity contribution >= 4 is 52.2 Å². The van der Waals surface area contributed by atoms with Crippen LogP contribution in [0.5, 0.6) is 0 Å². The number of nitrogens with zero attached hydrogens (tertiary/aromatic N) is 1. The molecule has 0 spiro atoms. The van der Waals surface area contributed by atoms with Gasteiger partial charge in [-0.2, -0.15) is 0 Å². The van der Waals surface area contributed by atoms with E-state index in [-0.39, 0.29) is 12.1 Å². The minimum Gasteiger partial charge on any atom is -0.466 e. The van der Waals surface area contributed by atoms with Gasteiger partial charge in [0.25, 0.3) is 0 Å². The van der Waals surface area contributed by atoms with Gasteiger partial charge in [-0.3, -0.25) is 9.31 Å². The van der Waals surface area contributed by atoms with Crippen LogP contribution in [0.3, 0.4) is 0 Å². The van der Waals surface area contributed by atoms with E-state index < -0.39 is 13.2 Å². The molecule has 0 fully saturated rings. The Morgan fingerprint density at radius 2 is 1.03 bits per heavy atom. The second kappa shape index (κ2) is 11.1. The number of esters is 1. The summed E-state index contributed by atoms with van der Waals surface area (Å²) in [5.74, 6) is -0.255. The highest BCUT2D eigenvalue weighted by atomic mass is 32.4. The Morgan fingerprint density at radius 1 is 0.676 bits per heavy atom. The quantitative estimate of drug-likeness (QED) is 0.237. The Morgan fingerprint density at radius 3 is 1.38 bits per heavy atom. The van der Waals surface area contributed by atoms with Crippen molar-refractivity contribution in [2.45, 2.75) is 6.92 Å². The van der Waals surface area contributed by atoms with Gasteiger partial charge in [0.2, 0.25) is 0 Å². The Labute approximate surface area is 207 Å². The summed E-state index contributed by atoms with van der Waals surface area (Å²) in [5, 5.41) is 4.07. The van der Waals surface area contributed by atoms with Gasteiger partial charge in [-0.15, -0.1) is 0 Å². The first-order chi connectivity index (χ1) is 16.6. The van der Waals surface area contributed by atoms with Gasteiger partial charge < -0.3 is 4.74 Å². The standard InChI is InChI=1S/C28H27NO2P2S/c1-2-31-28(30)23-32(24-15-7-3-8-16-24,25-17-9-4-10-18-25)29-33(34,26-19-11-5-12-20-26)27-21-13-6-14-22-27/h3-22H,2,23H2,1H3. The van der Waals surface area contributed by atoms with E-state index in [4.69, 9.17) is 21.1 Å². The Hall–Kier alpha value is -2.77. The fraction of sp³-hybridized carbons (Fsp3) is 0.107. The lowest BCUT2D eigenvalue weighted by molar-refractivity contribution is -0.139. The zero-order valence-corrected chi connectivity index (χ0v) is 21.6. The first-order valence-corrected chi connectivity index (χ1v) is 15.9. The van der Waals surface area contributed by atoms with Crippen molar-refractivity contribution < 1.29 is 9.53 Å². The third-order valence-electron chi connectivity index (χ3n) is 5.52. The first-order valence-electron chi connectivity index (χ1n) is 11.2. The number of hydrogen-bond acceptors (Lipinski definition) is 3. The van der Waals surface area contributed by atoms with E-state index in [0.29, 0.717) is 6.61 Å². The molecule has 0 saturated heterocycles. The summed E-state index contributed by atoms with van der Waals surface area (Å²) in [6.45, 7) is 2.16. The smallest absolute Gasteiger partial charge is 0.312 e. The van der Waals surface area contributed by atoms with Crippen molar-refractivity contribution in [3.05, 3.63) is 121 Å². The molecule has 4 rings (SSSR count). The van der Waals surface area contributed by atoms with Crippen LogP contribution in [0.1, 0.15) is 6.92 Å². The molecule has 0 aromatic heterocycles. The maximum Gasteiger partial charge on any atom is 0.312 e. The van der Waals surface area contributed by atoms with Gasteiger partial charge in [0.05, 0.1) is 12.8 Å². The van der Waals surface area contributed by atoms with E-state index in [9.17, 15) is 4.79 Å². The molecule has 0 bridgehead atoms. The molecule has 172 valence electrons. The van der Waals surface area contributed by atoms with Gasteiger partial charge in [-0.05, 0) is 17.5 Å². The van der Waals surface area contributed by atoms with Crippen molar-refractivity contribution in [3.8, 4) is 0 Å². The van der Waals surface area contributed by atoms with Crippen LogP contribution < -0.4 is 21.2 Å². The maximum atomic E-state index is 13.1. The van der Waals surface area contributed by atoms with Gasteiger partial charge in [0, 0.05) is 17.7 Å². The summed E-state index contributed by atoms with van der Waals surface area (Å²) in [5.41, 5.74) is 0. The molecule has 0 aliphatic heterocycles. The van der Waals surface area contributed by atoms with Crippen molar-refractivity contribution in [2.75, 3.05) is 12.8 Å². The van der Waals surface area contributed by atoms with Crippen molar-refractivity contribution in [1.29, 1.82) is 0 Å². The normalized spacial score (nSPS) is 11.6. The van der Waals surface area contributed by atoms with Gasteiger partial charge in [0.1, 0.15) is 6.19 Å². The number of rotatable bonds is 8. The number of carbonyl (C=O) groups excluding carboxylic acids is 1. The summed E-state index contributed by atoms with van der Waals surface area (Å²) in [6.07, 6.45) is -2.48. The zero-order chi connectivity index (χ0) is 23.9. The molecule has 0 atom stereocenters. The molecule has 0 N–H and O–H groups in total. The predicted molar refractivity (Wildman–Crippen MR) is 149 cm³/mol. The minimum absolute atomic E-state index is 0.174. The molecule has 4 aromatic carbocycles. The summed E-state index contributed by atoms with van der Waals surface area (Å²) < 4.78 is 11.2. The topological polar surface area (TPSA) is 38.7 Å². The fourth-order valence-corrected chi connectivity index (χ4v) is 13.3. The molecular weight excluding hydrogens is 476 g/mol. The highest BCUT2D eigenvalue weighted by Crippen LogP contribution is 2.60. The van der Waals surface area contributed by atoms with E-state index >= 15 is 0 Å². The number of carbonyl (C=O) groups is 1. The van der Waals surface area contributed by atoms with E-state index in [1.165, 1.54) is 0 Å². The SMILES string of the molecule is CCOC(=O)CP(=NP(=S)(c1ccccc1)c1ccccc1)(c1ccccc1)c1ccccc1. The van der Waals surface area contributed by atoms with Gasteiger partial charge in [0.15, 0.2) is 0 Å². The molecule has 0 unspecified atom stereocenters. The number of benzene rings is 4. The summed E-state index contributed by atoms with van der Waals surface area (Å²) >= 11 is 6.52. The van der Waals surface area contributed by atoms with Crippen LogP contribution in [0.25, 0.3) is 0 Å². The lowest BCUT2D eigenvalue weighted by atomic mass is 10.4. The van der Waals surface area contributed by atoms with E-state index in [2.05, 4.69) is 48.5 Å². The largest absolute Gasteiger partial charge is 0.466 e. The van der Waals surface area contributed by atoms with Crippen LogP contribution in [0.4, 0.5) is 0 Å². The van der Waals surface area contributed by atoms with Crippen LogP contribution in [0.15, 0.2) is 126 Å². The summed E-state index contributed by atoms with van der Waals surface area (Å²) in [7, 11) is -2.64. The van der Waals surface area contributed by atoms with Gasteiger partial charge in [-0.25, -0.2) is 0 Å². The monoisotopic (exact) mass is 503 g/mol. The third kappa shape index (κ3) is 5.15. The molecule has 3 nitrogen and oxygen atoms in total. The number of hydrogen-bond donors (Lipinski definition) is 0. The molecule has 0 aliphatic rings. The maximum absolute atomic E-state index is 13.1. The second-order valence-electron chi connectivity index (χ2n) is 7.74. The lowest BCUT2D eigenvalue weighted by Gasteiger charge is -2.30. The fourth-order valence-electron chi connectivity index (χ4n) is 3.94. The molecule has 0 heterocycles. The van der Waals surface area contributed by atoms with Crippen molar-refractivity contribution in [2.24, 2.45) is 4.52 Å². The van der Waals surface area contributed by atoms with Crippen LogP contribution >= 0.6 is 13.2 Å². The highest BCUT2D eigenvalue weighted by Gasteiger charge is 2.33. The molecule has 0 aliphatic carbocycles. The van der Waals surface area contributed by atoms with E-state index in [0.717, 1.165) is 21.2 Å². The minimum atomic E-state index is -2.65. The van der Waals surface area contributed by atoms with E-state index in [1.54, 1.807) is 0 Å². The Kier molecular flexibility index (Phi) is 7.95. The van der Waals surface area contributed by atoms with Crippen molar-refractivity contribution in [1.82, 2.24) is 0 Å². The molecule has 6 heteroatoms. The van der Waals surface area contributed by atoms with Crippen molar-refractivity contribution in [3.63, 3.8) is 0 Å². The molecule has 4 aromatic rings. The lowest BCUT2D eigenvalue weighted by Crippen LogP contribution is -2.25. The zero-order valence-electron chi connectivity index (χ0n) is 19.0. The van der Waals surface area contributed by atoms with Gasteiger partial charge in [-0.1, -0.05) is 133 Å². The Bertz CT molecular complexity index is 1240. The summed E-state index contributed by atoms with van der Waals surface area (Å²) in [4.78, 5) is 13.1. The van der Waals surface area contributed by atoms with Crippen LogP contribution in [0, 0.1) is 0 Å². The third-order valence-corrected chi connectivity index (χ3v) is 14.7. The summed E-state index contributed by atoms with van der Waals surface area (Å²) in [6, 6.07) is 40.5. The molecule has 34 heavy (non-hydrogen) atoms. The molecule has 0 saturated carbocycles. The van der Waals surface area contributed by atoms with Crippen LogP contribution in [0.2, 0.25) is 0 Å². The second-order valence-corrected chi connectivity index (χ2v) is 15.1. The van der Waals surface area contributed by atoms with Gasteiger partial charge >= 0.3 is 5.97 Å². The Balaban J connectivity index is 2.12. The molecule has 0 radical (unpaired) electrons. The van der Waals surface area contributed by atoms with Crippen LogP contribution in [-0.4, -0.2) is 18.7 Å². The number of ether oxygens (including phenoxy) is 1. The van der Waals surface area contributed by atoms with Crippen LogP contribution in [-0.2, 0) is 21.3 Å².